The minimum atomic E-state index is -0.803. The number of nitrogens with zero attached hydrogens (tertiary/aromatic N) is 1. The maximum Gasteiger partial charge on any atom is 0.317 e. The number of carboxylic acids is 1. The van der Waals surface area contributed by atoms with E-state index in [9.17, 15) is 4.79 Å². The van der Waals surface area contributed by atoms with E-state index < -0.39 is 5.97 Å². The molecule has 0 aliphatic carbocycles. The third-order valence-corrected chi connectivity index (χ3v) is 2.99. The van der Waals surface area contributed by atoms with Gasteiger partial charge in [0.15, 0.2) is 0 Å². The molecule has 1 atom stereocenters. The van der Waals surface area contributed by atoms with E-state index in [2.05, 4.69) is 37.8 Å². The van der Waals surface area contributed by atoms with Crippen molar-refractivity contribution in [3.8, 4) is 0 Å². The summed E-state index contributed by atoms with van der Waals surface area (Å²) < 4.78 is 0. The second-order valence-electron chi connectivity index (χ2n) is 4.45. The smallest absolute Gasteiger partial charge is 0.317 e. The molecule has 0 aliphatic heterocycles. The summed E-state index contributed by atoms with van der Waals surface area (Å²) in [7, 11) is 0. The highest BCUT2D eigenvalue weighted by Gasteiger charge is 2.19. The van der Waals surface area contributed by atoms with Crippen LogP contribution in [0.1, 0.15) is 30.5 Å². The molecule has 0 aliphatic rings. The number of benzene rings is 1. The molecule has 0 aromatic heterocycles. The predicted octanol–water partition coefficient (Wildman–Crippen LogP) is 3.02. The summed E-state index contributed by atoms with van der Waals surface area (Å²) in [6, 6.07) is 8.39. The van der Waals surface area contributed by atoms with Crippen molar-refractivity contribution in [3.63, 3.8) is 0 Å². The first-order valence-corrected chi connectivity index (χ1v) is 6.21. The van der Waals surface area contributed by atoms with Crippen molar-refractivity contribution in [2.75, 3.05) is 13.1 Å². The van der Waals surface area contributed by atoms with Crippen molar-refractivity contribution < 1.29 is 9.90 Å². The Morgan fingerprint density at radius 2 is 2.06 bits per heavy atom. The van der Waals surface area contributed by atoms with Gasteiger partial charge in [-0.05, 0) is 18.9 Å². The quantitative estimate of drug-likeness (QED) is 0.753. The third kappa shape index (κ3) is 4.00. The van der Waals surface area contributed by atoms with Gasteiger partial charge in [0.05, 0.1) is 6.54 Å². The number of hydrogen-bond donors (Lipinski definition) is 1. The summed E-state index contributed by atoms with van der Waals surface area (Å²) in [5, 5.41) is 8.97. The maximum atomic E-state index is 10.9. The average molecular weight is 247 g/mol. The number of aliphatic carboxylic acids is 1. The second-order valence-corrected chi connectivity index (χ2v) is 4.45. The lowest BCUT2D eigenvalue weighted by atomic mass is 10.0. The van der Waals surface area contributed by atoms with Gasteiger partial charge in [0.2, 0.25) is 0 Å². The van der Waals surface area contributed by atoms with E-state index in [4.69, 9.17) is 5.11 Å². The van der Waals surface area contributed by atoms with Crippen LogP contribution in [0, 0.1) is 6.92 Å². The SMILES string of the molecule is C=CCN(CC(=O)O)C(CC)c1ccc(C)cc1. The molecule has 0 heterocycles. The fourth-order valence-electron chi connectivity index (χ4n) is 2.13. The lowest BCUT2D eigenvalue weighted by molar-refractivity contribution is -0.138. The number of hydrogen-bond acceptors (Lipinski definition) is 2. The molecule has 0 bridgehead atoms. The molecular formula is C15H21NO2. The van der Waals surface area contributed by atoms with Crippen LogP contribution in [0.25, 0.3) is 0 Å². The molecule has 1 N–H and O–H groups in total. The molecule has 1 rings (SSSR count). The number of carboxylic acid groups (broad SMARTS) is 1. The average Bonchev–Trinajstić information content (AvgIpc) is 2.32. The van der Waals surface area contributed by atoms with Crippen molar-refractivity contribution in [1.82, 2.24) is 4.90 Å². The van der Waals surface area contributed by atoms with E-state index in [0.717, 1.165) is 12.0 Å². The van der Waals surface area contributed by atoms with Gasteiger partial charge in [0, 0.05) is 12.6 Å². The topological polar surface area (TPSA) is 40.5 Å². The summed E-state index contributed by atoms with van der Waals surface area (Å²) in [6.07, 6.45) is 2.63. The first-order valence-electron chi connectivity index (χ1n) is 6.21. The molecule has 1 unspecified atom stereocenters. The Balaban J connectivity index is 2.93. The molecule has 0 saturated heterocycles. The predicted molar refractivity (Wildman–Crippen MR) is 73.6 cm³/mol. The molecule has 0 saturated carbocycles. The summed E-state index contributed by atoms with van der Waals surface area (Å²) in [4.78, 5) is 12.8. The van der Waals surface area contributed by atoms with Gasteiger partial charge >= 0.3 is 5.97 Å². The fourth-order valence-corrected chi connectivity index (χ4v) is 2.13. The van der Waals surface area contributed by atoms with Crippen molar-refractivity contribution in [1.29, 1.82) is 0 Å². The van der Waals surface area contributed by atoms with E-state index in [0.29, 0.717) is 6.54 Å². The van der Waals surface area contributed by atoms with Crippen LogP contribution in [0.4, 0.5) is 0 Å². The van der Waals surface area contributed by atoms with Crippen LogP contribution >= 0.6 is 0 Å². The van der Waals surface area contributed by atoms with Gasteiger partial charge in [-0.25, -0.2) is 0 Å². The Labute approximate surface area is 109 Å². The van der Waals surface area contributed by atoms with Crippen LogP contribution in [0.3, 0.4) is 0 Å². The lowest BCUT2D eigenvalue weighted by Crippen LogP contribution is -2.33. The van der Waals surface area contributed by atoms with Crippen LogP contribution in [-0.4, -0.2) is 29.1 Å². The van der Waals surface area contributed by atoms with E-state index in [-0.39, 0.29) is 12.6 Å². The molecule has 0 amide bonds. The number of carbonyl (C=O) groups is 1. The van der Waals surface area contributed by atoms with Crippen LogP contribution in [0.15, 0.2) is 36.9 Å². The zero-order chi connectivity index (χ0) is 13.5. The second kappa shape index (κ2) is 6.97. The van der Waals surface area contributed by atoms with E-state index >= 15 is 0 Å². The summed E-state index contributed by atoms with van der Waals surface area (Å²) in [5.74, 6) is -0.803. The molecule has 0 spiro atoms. The third-order valence-electron chi connectivity index (χ3n) is 2.99. The van der Waals surface area contributed by atoms with Gasteiger partial charge in [-0.1, -0.05) is 42.8 Å². The highest BCUT2D eigenvalue weighted by Crippen LogP contribution is 2.24. The van der Waals surface area contributed by atoms with E-state index in [1.807, 2.05) is 11.8 Å². The van der Waals surface area contributed by atoms with E-state index in [1.54, 1.807) is 6.08 Å². The molecule has 3 nitrogen and oxygen atoms in total. The fraction of sp³-hybridized carbons (Fsp3) is 0.400. The Morgan fingerprint density at radius 3 is 2.50 bits per heavy atom. The minimum Gasteiger partial charge on any atom is -0.480 e. The largest absolute Gasteiger partial charge is 0.480 e. The molecule has 0 radical (unpaired) electrons. The van der Waals surface area contributed by atoms with Crippen molar-refractivity contribution in [2.45, 2.75) is 26.3 Å². The molecule has 98 valence electrons. The zero-order valence-electron chi connectivity index (χ0n) is 11.1. The van der Waals surface area contributed by atoms with Crippen LogP contribution in [0.5, 0.6) is 0 Å². The van der Waals surface area contributed by atoms with Gasteiger partial charge in [-0.3, -0.25) is 9.69 Å². The Morgan fingerprint density at radius 1 is 1.44 bits per heavy atom. The minimum absolute atomic E-state index is 0.0401. The monoisotopic (exact) mass is 247 g/mol. The molecule has 18 heavy (non-hydrogen) atoms. The molecule has 3 heteroatoms. The van der Waals surface area contributed by atoms with Gasteiger partial charge < -0.3 is 5.11 Å². The van der Waals surface area contributed by atoms with Gasteiger partial charge in [0.25, 0.3) is 0 Å². The maximum absolute atomic E-state index is 10.9. The summed E-state index contributed by atoms with van der Waals surface area (Å²) in [6.45, 7) is 8.44. The van der Waals surface area contributed by atoms with Gasteiger partial charge in [-0.2, -0.15) is 0 Å². The van der Waals surface area contributed by atoms with Crippen LogP contribution in [-0.2, 0) is 4.79 Å². The molecule has 1 aromatic rings. The first-order chi connectivity index (χ1) is 8.58. The highest BCUT2D eigenvalue weighted by molar-refractivity contribution is 5.69. The number of aryl methyl sites for hydroxylation is 1. The normalized spacial score (nSPS) is 12.4. The van der Waals surface area contributed by atoms with Crippen molar-refractivity contribution >= 4 is 5.97 Å². The highest BCUT2D eigenvalue weighted by atomic mass is 16.4. The standard InChI is InChI=1S/C15H21NO2/c1-4-10-16(11-15(17)18)14(5-2)13-8-6-12(3)7-9-13/h4,6-9,14H,1,5,10-11H2,2-3H3,(H,17,18). The Bertz CT molecular complexity index is 397. The summed E-state index contributed by atoms with van der Waals surface area (Å²) >= 11 is 0. The zero-order valence-corrected chi connectivity index (χ0v) is 11.1. The van der Waals surface area contributed by atoms with E-state index in [1.165, 1.54) is 5.56 Å². The molecule has 0 fully saturated rings. The van der Waals surface area contributed by atoms with Crippen molar-refractivity contribution in [3.05, 3.63) is 48.0 Å². The van der Waals surface area contributed by atoms with Crippen LogP contribution in [0.2, 0.25) is 0 Å². The lowest BCUT2D eigenvalue weighted by Gasteiger charge is -2.29. The van der Waals surface area contributed by atoms with Crippen molar-refractivity contribution in [2.24, 2.45) is 0 Å². The van der Waals surface area contributed by atoms with Gasteiger partial charge in [-0.15, -0.1) is 6.58 Å². The number of rotatable bonds is 7. The molecule has 1 aromatic carbocycles. The molecular weight excluding hydrogens is 226 g/mol. The first kappa shape index (κ1) is 14.5. The van der Waals surface area contributed by atoms with Crippen LogP contribution < -0.4 is 0 Å². The summed E-state index contributed by atoms with van der Waals surface area (Å²) in [5.41, 5.74) is 2.37. The van der Waals surface area contributed by atoms with Gasteiger partial charge in [0.1, 0.15) is 0 Å². The Hall–Kier alpha value is -1.61. The Kier molecular flexibility index (Phi) is 5.59.